The molecule has 18 heavy (non-hydrogen) atoms. The van der Waals surface area contributed by atoms with Gasteiger partial charge in [-0.25, -0.2) is 10.8 Å². The molecule has 2 rings (SSSR count). The van der Waals surface area contributed by atoms with Crippen LogP contribution in [0.2, 0.25) is 0 Å². The number of hydrazine groups is 1. The van der Waals surface area contributed by atoms with Gasteiger partial charge in [0.2, 0.25) is 5.95 Å². The van der Waals surface area contributed by atoms with Crippen molar-refractivity contribution in [2.24, 2.45) is 5.84 Å². The normalized spacial score (nSPS) is 16.6. The first-order valence-electron chi connectivity index (χ1n) is 6.14. The second kappa shape index (κ2) is 6.77. The van der Waals surface area contributed by atoms with Gasteiger partial charge >= 0.3 is 0 Å². The quantitative estimate of drug-likeness (QED) is 0.531. The molecule has 0 aromatic carbocycles. The minimum Gasteiger partial charge on any atom is -0.369 e. The molecule has 1 saturated heterocycles. The Kier molecular flexibility index (Phi) is 5.03. The van der Waals surface area contributed by atoms with Crippen molar-refractivity contribution in [3.8, 4) is 0 Å². The lowest BCUT2D eigenvalue weighted by Crippen LogP contribution is -2.36. The van der Waals surface area contributed by atoms with Gasteiger partial charge in [0.1, 0.15) is 5.82 Å². The van der Waals surface area contributed by atoms with Crippen LogP contribution in [0, 0.1) is 6.92 Å². The molecule has 0 spiro atoms. The van der Waals surface area contributed by atoms with Gasteiger partial charge in [0.15, 0.2) is 0 Å². The van der Waals surface area contributed by atoms with Crippen LogP contribution in [-0.2, 0) is 0 Å². The van der Waals surface area contributed by atoms with Crippen molar-refractivity contribution in [2.75, 3.05) is 48.4 Å². The second-order valence-electron chi connectivity index (χ2n) is 4.24. The zero-order valence-electron chi connectivity index (χ0n) is 10.6. The molecule has 1 fully saturated rings. The number of nitrogens with two attached hydrogens (primary N) is 1. The second-order valence-corrected chi connectivity index (χ2v) is 5.47. The first kappa shape index (κ1) is 13.4. The van der Waals surface area contributed by atoms with E-state index in [2.05, 4.69) is 25.6 Å². The van der Waals surface area contributed by atoms with Crippen LogP contribution in [0.1, 0.15) is 5.69 Å². The molecule has 0 radical (unpaired) electrons. The number of aryl methyl sites for hydroxylation is 1. The SMILES string of the molecule is Cc1cc(NCCN2CCSCC2)nc(NN)n1. The molecule has 0 amide bonds. The Labute approximate surface area is 112 Å². The average Bonchev–Trinajstić information content (AvgIpc) is 2.39. The predicted molar refractivity (Wildman–Crippen MR) is 76.8 cm³/mol. The van der Waals surface area contributed by atoms with Crippen LogP contribution in [-0.4, -0.2) is 52.6 Å². The molecule has 0 aliphatic carbocycles. The van der Waals surface area contributed by atoms with Crippen molar-refractivity contribution in [1.82, 2.24) is 14.9 Å². The topological polar surface area (TPSA) is 79.1 Å². The zero-order valence-corrected chi connectivity index (χ0v) is 11.5. The molecule has 6 nitrogen and oxygen atoms in total. The van der Waals surface area contributed by atoms with Gasteiger partial charge < -0.3 is 5.32 Å². The minimum atomic E-state index is 0.451. The van der Waals surface area contributed by atoms with E-state index >= 15 is 0 Å². The summed E-state index contributed by atoms with van der Waals surface area (Å²) in [6.45, 7) is 6.24. The Hall–Kier alpha value is -1.05. The Balaban J connectivity index is 1.80. The lowest BCUT2D eigenvalue weighted by atomic mass is 10.4. The lowest BCUT2D eigenvalue weighted by Gasteiger charge is -2.26. The van der Waals surface area contributed by atoms with Gasteiger partial charge in [0.25, 0.3) is 0 Å². The van der Waals surface area contributed by atoms with Crippen LogP contribution in [0.3, 0.4) is 0 Å². The van der Waals surface area contributed by atoms with E-state index in [1.54, 1.807) is 0 Å². The van der Waals surface area contributed by atoms with E-state index in [1.807, 2.05) is 24.8 Å². The Morgan fingerprint density at radius 3 is 2.89 bits per heavy atom. The summed E-state index contributed by atoms with van der Waals surface area (Å²) in [4.78, 5) is 10.9. The fourth-order valence-electron chi connectivity index (χ4n) is 1.89. The number of nitrogens with one attached hydrogen (secondary N) is 2. The van der Waals surface area contributed by atoms with Crippen LogP contribution < -0.4 is 16.6 Å². The molecule has 0 saturated carbocycles. The smallest absolute Gasteiger partial charge is 0.239 e. The third-order valence-electron chi connectivity index (χ3n) is 2.82. The van der Waals surface area contributed by atoms with Crippen molar-refractivity contribution in [2.45, 2.75) is 6.92 Å². The summed E-state index contributed by atoms with van der Waals surface area (Å²) in [5, 5.41) is 3.31. The summed E-state index contributed by atoms with van der Waals surface area (Å²) in [6, 6.07) is 1.92. The molecular formula is C11H20N6S. The largest absolute Gasteiger partial charge is 0.369 e. The first-order valence-corrected chi connectivity index (χ1v) is 7.29. The Morgan fingerprint density at radius 1 is 1.39 bits per heavy atom. The zero-order chi connectivity index (χ0) is 12.8. The molecule has 0 unspecified atom stereocenters. The number of aromatic nitrogens is 2. The highest BCUT2D eigenvalue weighted by atomic mass is 32.2. The van der Waals surface area contributed by atoms with Gasteiger partial charge in [-0.3, -0.25) is 10.3 Å². The van der Waals surface area contributed by atoms with E-state index in [0.717, 1.165) is 24.6 Å². The maximum Gasteiger partial charge on any atom is 0.239 e. The highest BCUT2D eigenvalue weighted by molar-refractivity contribution is 7.99. The van der Waals surface area contributed by atoms with Crippen molar-refractivity contribution in [3.63, 3.8) is 0 Å². The summed E-state index contributed by atoms with van der Waals surface area (Å²) < 4.78 is 0. The molecule has 4 N–H and O–H groups in total. The van der Waals surface area contributed by atoms with Crippen molar-refractivity contribution < 1.29 is 0 Å². The molecule has 1 aromatic rings. The van der Waals surface area contributed by atoms with Gasteiger partial charge in [-0.1, -0.05) is 0 Å². The minimum absolute atomic E-state index is 0.451. The van der Waals surface area contributed by atoms with E-state index in [0.29, 0.717) is 5.95 Å². The van der Waals surface area contributed by atoms with E-state index in [-0.39, 0.29) is 0 Å². The number of thioether (sulfide) groups is 1. The van der Waals surface area contributed by atoms with Crippen molar-refractivity contribution in [1.29, 1.82) is 0 Å². The number of rotatable bonds is 5. The number of nitrogen functional groups attached to an aromatic ring is 1. The molecule has 0 atom stereocenters. The summed E-state index contributed by atoms with van der Waals surface area (Å²) >= 11 is 2.03. The third kappa shape index (κ3) is 4.01. The van der Waals surface area contributed by atoms with Crippen molar-refractivity contribution >= 4 is 23.5 Å². The van der Waals surface area contributed by atoms with Crippen LogP contribution in [0.5, 0.6) is 0 Å². The van der Waals surface area contributed by atoms with Gasteiger partial charge in [0, 0.05) is 49.4 Å². The summed E-state index contributed by atoms with van der Waals surface area (Å²) in [5.41, 5.74) is 3.37. The summed E-state index contributed by atoms with van der Waals surface area (Å²) in [7, 11) is 0. The van der Waals surface area contributed by atoms with E-state index < -0.39 is 0 Å². The number of anilines is 2. The van der Waals surface area contributed by atoms with Gasteiger partial charge in [0.05, 0.1) is 0 Å². The molecule has 0 bridgehead atoms. The molecule has 1 aliphatic rings. The lowest BCUT2D eigenvalue weighted by molar-refractivity contribution is 0.314. The highest BCUT2D eigenvalue weighted by Crippen LogP contribution is 2.10. The van der Waals surface area contributed by atoms with Crippen LogP contribution in [0.4, 0.5) is 11.8 Å². The first-order chi connectivity index (χ1) is 8.78. The number of hydrogen-bond donors (Lipinski definition) is 3. The van der Waals surface area contributed by atoms with Crippen LogP contribution >= 0.6 is 11.8 Å². The maximum atomic E-state index is 5.32. The molecule has 2 heterocycles. The summed E-state index contributed by atoms with van der Waals surface area (Å²) in [6.07, 6.45) is 0. The Bertz CT molecular complexity index is 380. The molecule has 1 aliphatic heterocycles. The van der Waals surface area contributed by atoms with Gasteiger partial charge in [-0.05, 0) is 6.92 Å². The number of hydrogen-bond acceptors (Lipinski definition) is 7. The maximum absolute atomic E-state index is 5.32. The molecular weight excluding hydrogens is 248 g/mol. The summed E-state index contributed by atoms with van der Waals surface area (Å²) in [5.74, 6) is 9.08. The molecule has 100 valence electrons. The Morgan fingerprint density at radius 2 is 2.17 bits per heavy atom. The standard InChI is InChI=1S/C11H20N6S/c1-9-8-10(15-11(14-9)16-12)13-2-3-17-4-6-18-7-5-17/h8H,2-7,12H2,1H3,(H2,13,14,15,16). The molecule has 7 heteroatoms. The van der Waals surface area contributed by atoms with Crippen molar-refractivity contribution in [3.05, 3.63) is 11.8 Å². The van der Waals surface area contributed by atoms with E-state index in [4.69, 9.17) is 5.84 Å². The average molecular weight is 268 g/mol. The van der Waals surface area contributed by atoms with Crippen LogP contribution in [0.15, 0.2) is 6.07 Å². The van der Waals surface area contributed by atoms with E-state index in [9.17, 15) is 0 Å². The molecule has 1 aromatic heterocycles. The van der Waals surface area contributed by atoms with Gasteiger partial charge in [-0.15, -0.1) is 0 Å². The highest BCUT2D eigenvalue weighted by Gasteiger charge is 2.09. The van der Waals surface area contributed by atoms with Gasteiger partial charge in [-0.2, -0.15) is 16.7 Å². The third-order valence-corrected chi connectivity index (χ3v) is 3.76. The number of nitrogens with zero attached hydrogens (tertiary/aromatic N) is 3. The van der Waals surface area contributed by atoms with Crippen LogP contribution in [0.25, 0.3) is 0 Å². The fourth-order valence-corrected chi connectivity index (χ4v) is 2.87. The monoisotopic (exact) mass is 268 g/mol. The predicted octanol–water partition coefficient (Wildman–Crippen LogP) is 0.531. The fraction of sp³-hybridized carbons (Fsp3) is 0.636. The van der Waals surface area contributed by atoms with E-state index in [1.165, 1.54) is 24.6 Å².